The lowest BCUT2D eigenvalue weighted by atomic mass is 9.87. The summed E-state index contributed by atoms with van der Waals surface area (Å²) in [4.78, 5) is 12.8. The Morgan fingerprint density at radius 3 is 2.48 bits per heavy atom. The number of hydrogen-bond acceptors (Lipinski definition) is 5. The van der Waals surface area contributed by atoms with Crippen LogP contribution in [0.15, 0.2) is 72.8 Å². The molecule has 6 heteroatoms. The van der Waals surface area contributed by atoms with E-state index in [0.717, 1.165) is 11.3 Å². The summed E-state index contributed by atoms with van der Waals surface area (Å²) in [6, 6.07) is 21.3. The maximum atomic E-state index is 13.3. The quantitative estimate of drug-likeness (QED) is 0.454. The molecule has 1 N–H and O–H groups in total. The van der Waals surface area contributed by atoms with Gasteiger partial charge >= 0.3 is 5.97 Å². The van der Waals surface area contributed by atoms with Crippen LogP contribution >= 0.6 is 0 Å². The van der Waals surface area contributed by atoms with Crippen LogP contribution in [0.5, 0.6) is 5.75 Å². The minimum atomic E-state index is -0.832. The number of esters is 1. The largest absolute Gasteiger partial charge is 0.483 e. The van der Waals surface area contributed by atoms with Gasteiger partial charge in [-0.3, -0.25) is 0 Å². The molecular weight excluding hydrogens is 421 g/mol. The van der Waals surface area contributed by atoms with Gasteiger partial charge in [0.15, 0.2) is 6.10 Å². The van der Waals surface area contributed by atoms with E-state index in [2.05, 4.69) is 17.4 Å². The van der Waals surface area contributed by atoms with Crippen LogP contribution in [0, 0.1) is 5.82 Å². The third-order valence-corrected chi connectivity index (χ3v) is 5.65. The SMILES string of the molecule is CCOC1c2cc(NCc3ccccc3)ccc2OC(C)(C)C1OC(=O)c1ccc(F)cc1. The topological polar surface area (TPSA) is 56.8 Å². The van der Waals surface area contributed by atoms with Gasteiger partial charge in [-0.05, 0) is 68.8 Å². The Morgan fingerprint density at radius 2 is 1.79 bits per heavy atom. The number of benzene rings is 3. The fourth-order valence-corrected chi connectivity index (χ4v) is 3.97. The second kappa shape index (κ2) is 9.63. The third kappa shape index (κ3) is 5.17. The molecule has 2 unspecified atom stereocenters. The highest BCUT2D eigenvalue weighted by Gasteiger charge is 2.47. The molecular formula is C27H28FNO4. The van der Waals surface area contributed by atoms with Crippen LogP contribution < -0.4 is 10.1 Å². The van der Waals surface area contributed by atoms with Gasteiger partial charge in [0.2, 0.25) is 0 Å². The number of halogens is 1. The molecule has 2 atom stereocenters. The molecule has 0 radical (unpaired) electrons. The van der Waals surface area contributed by atoms with Gasteiger partial charge in [-0.1, -0.05) is 30.3 Å². The van der Waals surface area contributed by atoms with Crippen molar-refractivity contribution in [3.63, 3.8) is 0 Å². The number of nitrogens with one attached hydrogen (secondary N) is 1. The molecule has 1 aliphatic rings. The van der Waals surface area contributed by atoms with Gasteiger partial charge in [0.25, 0.3) is 0 Å². The smallest absolute Gasteiger partial charge is 0.338 e. The first-order valence-corrected chi connectivity index (χ1v) is 11.1. The normalized spacial score (nSPS) is 18.7. The molecule has 0 aliphatic carbocycles. The van der Waals surface area contributed by atoms with Crippen molar-refractivity contribution in [2.45, 2.75) is 45.1 Å². The zero-order chi connectivity index (χ0) is 23.4. The van der Waals surface area contributed by atoms with E-state index in [1.165, 1.54) is 29.8 Å². The first kappa shape index (κ1) is 22.8. The predicted octanol–water partition coefficient (Wildman–Crippen LogP) is 5.91. The Kier molecular flexibility index (Phi) is 6.65. The minimum Gasteiger partial charge on any atom is -0.483 e. The average molecular weight is 450 g/mol. The highest BCUT2D eigenvalue weighted by molar-refractivity contribution is 5.89. The molecule has 5 nitrogen and oxygen atoms in total. The molecule has 3 aromatic carbocycles. The number of carbonyl (C=O) groups is 1. The summed E-state index contributed by atoms with van der Waals surface area (Å²) >= 11 is 0. The van der Waals surface area contributed by atoms with Crippen LogP contribution in [0.4, 0.5) is 10.1 Å². The van der Waals surface area contributed by atoms with Crippen LogP contribution in [0.3, 0.4) is 0 Å². The van der Waals surface area contributed by atoms with Crippen LogP contribution in [-0.2, 0) is 16.0 Å². The first-order valence-electron chi connectivity index (χ1n) is 11.1. The lowest BCUT2D eigenvalue weighted by Crippen LogP contribution is -2.51. The molecule has 1 aliphatic heterocycles. The van der Waals surface area contributed by atoms with Crippen molar-refractivity contribution in [2.75, 3.05) is 11.9 Å². The van der Waals surface area contributed by atoms with Gasteiger partial charge in [0, 0.05) is 24.4 Å². The highest BCUT2D eigenvalue weighted by Crippen LogP contribution is 2.44. The number of fused-ring (bicyclic) bond motifs is 1. The summed E-state index contributed by atoms with van der Waals surface area (Å²) in [5.41, 5.74) is 2.33. The van der Waals surface area contributed by atoms with Gasteiger partial charge in [-0.15, -0.1) is 0 Å². The Hall–Kier alpha value is -3.38. The molecule has 0 saturated carbocycles. The number of carbonyl (C=O) groups excluding carboxylic acids is 1. The molecule has 0 amide bonds. The molecule has 0 saturated heterocycles. The van der Waals surface area contributed by atoms with Gasteiger partial charge in [-0.25, -0.2) is 9.18 Å². The predicted molar refractivity (Wildman–Crippen MR) is 125 cm³/mol. The zero-order valence-corrected chi connectivity index (χ0v) is 19.0. The Balaban J connectivity index is 1.60. The number of anilines is 1. The van der Waals surface area contributed by atoms with Crippen molar-refractivity contribution in [2.24, 2.45) is 0 Å². The van der Waals surface area contributed by atoms with Gasteiger partial charge in [0.1, 0.15) is 23.3 Å². The van der Waals surface area contributed by atoms with Crippen molar-refractivity contribution in [3.05, 3.63) is 95.3 Å². The molecule has 172 valence electrons. The van der Waals surface area contributed by atoms with Gasteiger partial charge in [-0.2, -0.15) is 0 Å². The molecule has 4 rings (SSSR count). The van der Waals surface area contributed by atoms with Crippen LogP contribution in [-0.4, -0.2) is 24.3 Å². The van der Waals surface area contributed by atoms with Crippen molar-refractivity contribution >= 4 is 11.7 Å². The van der Waals surface area contributed by atoms with Crippen molar-refractivity contribution in [1.82, 2.24) is 0 Å². The molecule has 1 heterocycles. The number of ether oxygens (including phenoxy) is 3. The van der Waals surface area contributed by atoms with Crippen molar-refractivity contribution in [1.29, 1.82) is 0 Å². The first-order chi connectivity index (χ1) is 15.9. The summed E-state index contributed by atoms with van der Waals surface area (Å²) in [6.45, 7) is 6.75. The van der Waals surface area contributed by atoms with Crippen LogP contribution in [0.2, 0.25) is 0 Å². The summed E-state index contributed by atoms with van der Waals surface area (Å²) in [5.74, 6) is -0.273. The second-order valence-electron chi connectivity index (χ2n) is 8.51. The van der Waals surface area contributed by atoms with E-state index in [1.807, 2.05) is 57.2 Å². The fourth-order valence-electron chi connectivity index (χ4n) is 3.97. The van der Waals surface area contributed by atoms with E-state index in [9.17, 15) is 9.18 Å². The molecule has 0 spiro atoms. The lowest BCUT2D eigenvalue weighted by molar-refractivity contribution is -0.137. The Bertz CT molecular complexity index is 1100. The molecule has 3 aromatic rings. The van der Waals surface area contributed by atoms with E-state index in [4.69, 9.17) is 14.2 Å². The lowest BCUT2D eigenvalue weighted by Gasteiger charge is -2.43. The van der Waals surface area contributed by atoms with Gasteiger partial charge in [0.05, 0.1) is 5.56 Å². The molecule has 33 heavy (non-hydrogen) atoms. The van der Waals surface area contributed by atoms with Crippen LogP contribution in [0.25, 0.3) is 0 Å². The summed E-state index contributed by atoms with van der Waals surface area (Å²) < 4.78 is 31.5. The fraction of sp³-hybridized carbons (Fsp3) is 0.296. The number of rotatable bonds is 7. The Labute approximate surface area is 193 Å². The van der Waals surface area contributed by atoms with E-state index in [0.29, 0.717) is 18.9 Å². The molecule has 0 bridgehead atoms. The monoisotopic (exact) mass is 449 g/mol. The van der Waals surface area contributed by atoms with Crippen molar-refractivity contribution in [3.8, 4) is 5.75 Å². The second-order valence-corrected chi connectivity index (χ2v) is 8.51. The maximum Gasteiger partial charge on any atom is 0.338 e. The standard InChI is InChI=1S/C27H28FNO4/c1-4-31-24-22-16-21(29-17-18-8-6-5-7-9-18)14-15-23(22)33-27(2,3)25(24)32-26(30)19-10-12-20(28)13-11-19/h5-16,24-25,29H,4,17H2,1-3H3. The molecule has 0 fully saturated rings. The minimum absolute atomic E-state index is 0.270. The zero-order valence-electron chi connectivity index (χ0n) is 19.0. The third-order valence-electron chi connectivity index (χ3n) is 5.65. The Morgan fingerprint density at radius 1 is 1.06 bits per heavy atom. The van der Waals surface area contributed by atoms with Crippen molar-refractivity contribution < 1.29 is 23.4 Å². The molecule has 0 aromatic heterocycles. The van der Waals surface area contributed by atoms with Crippen LogP contribution in [0.1, 0.15) is 48.4 Å². The highest BCUT2D eigenvalue weighted by atomic mass is 19.1. The van der Waals surface area contributed by atoms with E-state index >= 15 is 0 Å². The van der Waals surface area contributed by atoms with E-state index in [1.54, 1.807) is 0 Å². The van der Waals surface area contributed by atoms with E-state index < -0.39 is 29.6 Å². The van der Waals surface area contributed by atoms with E-state index in [-0.39, 0.29) is 5.56 Å². The number of hydrogen-bond donors (Lipinski definition) is 1. The average Bonchev–Trinajstić information content (AvgIpc) is 2.81. The summed E-state index contributed by atoms with van der Waals surface area (Å²) in [6.07, 6.45) is -1.22. The van der Waals surface area contributed by atoms with Gasteiger partial charge < -0.3 is 19.5 Å². The summed E-state index contributed by atoms with van der Waals surface area (Å²) in [5, 5.41) is 3.43. The maximum absolute atomic E-state index is 13.3. The summed E-state index contributed by atoms with van der Waals surface area (Å²) in [7, 11) is 0.